The van der Waals surface area contributed by atoms with E-state index in [4.69, 9.17) is 11.6 Å². The minimum atomic E-state index is -0.121. The third-order valence-corrected chi connectivity index (χ3v) is 4.69. The normalized spacial score (nSPS) is 10.7. The lowest BCUT2D eigenvalue weighted by molar-refractivity contribution is -0.121. The van der Waals surface area contributed by atoms with Crippen LogP contribution in [0.5, 0.6) is 0 Å². The van der Waals surface area contributed by atoms with Crippen LogP contribution in [-0.2, 0) is 16.0 Å². The molecule has 0 aliphatic carbocycles. The Morgan fingerprint density at radius 3 is 2.74 bits per heavy atom. The predicted molar refractivity (Wildman–Crippen MR) is 109 cm³/mol. The highest BCUT2D eigenvalue weighted by Crippen LogP contribution is 2.20. The number of amides is 2. The highest BCUT2D eigenvalue weighted by Gasteiger charge is 2.14. The zero-order chi connectivity index (χ0) is 19.2. The molecule has 6 heteroatoms. The molecule has 2 N–H and O–H groups in total. The fraction of sp³-hybridized carbons (Fsp3) is 0.238. The standard InChI is InChI=1S/C21H22ClN3O2/c1-15(26)25(18-6-4-5-17(22)13-18)12-10-21(27)23-11-9-16-14-24-20-8-3-2-7-19(16)20/h2-8,13-14,24H,9-12H2,1H3,(H,23,27). The summed E-state index contributed by atoms with van der Waals surface area (Å²) in [5, 5.41) is 4.66. The molecule has 3 aromatic rings. The number of nitrogens with one attached hydrogen (secondary N) is 2. The van der Waals surface area contributed by atoms with Crippen molar-refractivity contribution in [1.29, 1.82) is 0 Å². The van der Waals surface area contributed by atoms with Gasteiger partial charge >= 0.3 is 0 Å². The number of halogens is 1. The maximum absolute atomic E-state index is 12.2. The van der Waals surface area contributed by atoms with Crippen LogP contribution in [0.4, 0.5) is 5.69 Å². The van der Waals surface area contributed by atoms with Gasteiger partial charge in [-0.1, -0.05) is 35.9 Å². The molecule has 0 radical (unpaired) electrons. The molecule has 27 heavy (non-hydrogen) atoms. The van der Waals surface area contributed by atoms with Crippen LogP contribution in [0.25, 0.3) is 10.9 Å². The lowest BCUT2D eigenvalue weighted by Gasteiger charge is -2.21. The summed E-state index contributed by atoms with van der Waals surface area (Å²) in [5.74, 6) is -0.202. The number of carbonyl (C=O) groups excluding carboxylic acids is 2. The number of aromatic nitrogens is 1. The van der Waals surface area contributed by atoms with Gasteiger partial charge in [0.25, 0.3) is 0 Å². The van der Waals surface area contributed by atoms with Crippen molar-refractivity contribution < 1.29 is 9.59 Å². The van der Waals surface area contributed by atoms with Crippen molar-refractivity contribution in [3.05, 3.63) is 65.3 Å². The van der Waals surface area contributed by atoms with E-state index in [9.17, 15) is 9.59 Å². The highest BCUT2D eigenvalue weighted by atomic mass is 35.5. The Hall–Kier alpha value is -2.79. The molecule has 1 heterocycles. The van der Waals surface area contributed by atoms with E-state index >= 15 is 0 Å². The topological polar surface area (TPSA) is 65.2 Å². The molecule has 0 aliphatic rings. The van der Waals surface area contributed by atoms with Gasteiger partial charge in [0, 0.05) is 54.2 Å². The molecule has 2 amide bonds. The lowest BCUT2D eigenvalue weighted by atomic mass is 10.1. The number of rotatable bonds is 7. The minimum absolute atomic E-state index is 0.0804. The Balaban J connectivity index is 1.50. The van der Waals surface area contributed by atoms with Crippen molar-refractivity contribution in [3.8, 4) is 0 Å². The van der Waals surface area contributed by atoms with Gasteiger partial charge in [-0.15, -0.1) is 0 Å². The zero-order valence-electron chi connectivity index (χ0n) is 15.2. The molecule has 0 aliphatic heterocycles. The summed E-state index contributed by atoms with van der Waals surface area (Å²) >= 11 is 6.00. The van der Waals surface area contributed by atoms with Gasteiger partial charge in [-0.05, 0) is 36.2 Å². The summed E-state index contributed by atoms with van der Waals surface area (Å²) < 4.78 is 0. The fourth-order valence-corrected chi connectivity index (χ4v) is 3.27. The summed E-state index contributed by atoms with van der Waals surface area (Å²) in [4.78, 5) is 28.9. The molecule has 0 saturated heterocycles. The second kappa shape index (κ2) is 8.73. The number of para-hydroxylation sites is 1. The molecule has 140 valence electrons. The summed E-state index contributed by atoms with van der Waals surface area (Å²) in [7, 11) is 0. The van der Waals surface area contributed by atoms with E-state index in [-0.39, 0.29) is 18.2 Å². The van der Waals surface area contributed by atoms with E-state index in [1.807, 2.05) is 30.5 Å². The summed E-state index contributed by atoms with van der Waals surface area (Å²) in [6.45, 7) is 2.35. The van der Waals surface area contributed by atoms with Gasteiger partial charge < -0.3 is 15.2 Å². The molecule has 3 rings (SSSR count). The quantitative estimate of drug-likeness (QED) is 0.649. The number of hydrogen-bond acceptors (Lipinski definition) is 2. The number of hydrogen-bond donors (Lipinski definition) is 2. The van der Waals surface area contributed by atoms with E-state index in [2.05, 4.69) is 16.4 Å². The van der Waals surface area contributed by atoms with Gasteiger partial charge in [-0.2, -0.15) is 0 Å². The number of nitrogens with zero attached hydrogens (tertiary/aromatic N) is 1. The first kappa shape index (κ1) is 19.0. The van der Waals surface area contributed by atoms with Gasteiger partial charge in [-0.25, -0.2) is 0 Å². The van der Waals surface area contributed by atoms with Crippen LogP contribution in [0.15, 0.2) is 54.7 Å². The number of anilines is 1. The number of H-pyrrole nitrogens is 1. The van der Waals surface area contributed by atoms with Crippen LogP contribution in [0.2, 0.25) is 5.02 Å². The average Bonchev–Trinajstić information content (AvgIpc) is 3.05. The van der Waals surface area contributed by atoms with E-state index in [0.29, 0.717) is 23.8 Å². The monoisotopic (exact) mass is 383 g/mol. The summed E-state index contributed by atoms with van der Waals surface area (Å²) in [5.41, 5.74) is 2.97. The van der Waals surface area contributed by atoms with Crippen LogP contribution >= 0.6 is 11.6 Å². The van der Waals surface area contributed by atoms with E-state index < -0.39 is 0 Å². The molecule has 5 nitrogen and oxygen atoms in total. The SMILES string of the molecule is CC(=O)N(CCC(=O)NCCc1c[nH]c2ccccc12)c1cccc(Cl)c1. The van der Waals surface area contributed by atoms with Gasteiger partial charge in [0.15, 0.2) is 0 Å². The van der Waals surface area contributed by atoms with Gasteiger partial charge in [0.05, 0.1) is 0 Å². The van der Waals surface area contributed by atoms with Crippen LogP contribution in [-0.4, -0.2) is 29.9 Å². The Labute approximate surface area is 163 Å². The van der Waals surface area contributed by atoms with Gasteiger partial charge in [0.2, 0.25) is 11.8 Å². The Morgan fingerprint density at radius 1 is 1.15 bits per heavy atom. The molecule has 0 atom stereocenters. The molecular formula is C21H22ClN3O2. The summed E-state index contributed by atoms with van der Waals surface area (Å²) in [6, 6.07) is 15.2. The van der Waals surface area contributed by atoms with E-state index in [0.717, 1.165) is 11.9 Å². The molecule has 2 aromatic carbocycles. The van der Waals surface area contributed by atoms with Crippen LogP contribution in [0, 0.1) is 0 Å². The fourth-order valence-electron chi connectivity index (χ4n) is 3.09. The maximum Gasteiger partial charge on any atom is 0.223 e. The number of aromatic amines is 1. The first-order valence-electron chi connectivity index (χ1n) is 8.90. The van der Waals surface area contributed by atoms with E-state index in [1.54, 1.807) is 23.1 Å². The number of fused-ring (bicyclic) bond motifs is 1. The average molecular weight is 384 g/mol. The van der Waals surface area contributed by atoms with Crippen molar-refractivity contribution in [1.82, 2.24) is 10.3 Å². The number of carbonyl (C=O) groups is 2. The first-order valence-corrected chi connectivity index (χ1v) is 9.28. The van der Waals surface area contributed by atoms with Crippen LogP contribution < -0.4 is 10.2 Å². The van der Waals surface area contributed by atoms with Crippen LogP contribution in [0.3, 0.4) is 0 Å². The molecule has 0 bridgehead atoms. The third kappa shape index (κ3) is 4.89. The van der Waals surface area contributed by atoms with Crippen molar-refractivity contribution in [2.45, 2.75) is 19.8 Å². The molecular weight excluding hydrogens is 362 g/mol. The Kier molecular flexibility index (Phi) is 6.14. The molecule has 0 unspecified atom stereocenters. The molecule has 0 saturated carbocycles. The van der Waals surface area contributed by atoms with E-state index in [1.165, 1.54) is 17.9 Å². The van der Waals surface area contributed by atoms with Crippen LogP contribution in [0.1, 0.15) is 18.9 Å². The zero-order valence-corrected chi connectivity index (χ0v) is 15.9. The Bertz CT molecular complexity index is 951. The van der Waals surface area contributed by atoms with Crippen molar-refractivity contribution in [3.63, 3.8) is 0 Å². The lowest BCUT2D eigenvalue weighted by Crippen LogP contribution is -2.34. The number of benzene rings is 2. The molecule has 0 fully saturated rings. The minimum Gasteiger partial charge on any atom is -0.361 e. The smallest absolute Gasteiger partial charge is 0.223 e. The highest BCUT2D eigenvalue weighted by molar-refractivity contribution is 6.30. The van der Waals surface area contributed by atoms with Crippen molar-refractivity contribution in [2.24, 2.45) is 0 Å². The summed E-state index contributed by atoms with van der Waals surface area (Å²) in [6.07, 6.45) is 2.97. The van der Waals surface area contributed by atoms with Gasteiger partial charge in [-0.3, -0.25) is 9.59 Å². The van der Waals surface area contributed by atoms with Gasteiger partial charge in [0.1, 0.15) is 0 Å². The van der Waals surface area contributed by atoms with Crippen molar-refractivity contribution in [2.75, 3.05) is 18.0 Å². The first-order chi connectivity index (χ1) is 13.0. The Morgan fingerprint density at radius 2 is 1.96 bits per heavy atom. The molecule has 1 aromatic heterocycles. The maximum atomic E-state index is 12.2. The largest absolute Gasteiger partial charge is 0.361 e. The second-order valence-corrected chi connectivity index (χ2v) is 6.80. The van der Waals surface area contributed by atoms with Crippen molar-refractivity contribution >= 4 is 40.0 Å². The third-order valence-electron chi connectivity index (χ3n) is 4.45. The second-order valence-electron chi connectivity index (χ2n) is 6.36. The predicted octanol–water partition coefficient (Wildman–Crippen LogP) is 3.92. The molecule has 0 spiro atoms.